The molecule has 25 heavy (non-hydrogen) atoms. The molecule has 2 aromatic rings. The molecule has 2 N–H and O–H groups in total. The molecule has 1 amide bonds. The summed E-state index contributed by atoms with van der Waals surface area (Å²) in [6.07, 6.45) is 0. The van der Waals surface area contributed by atoms with Gasteiger partial charge in [0.15, 0.2) is 0 Å². The average Bonchev–Trinajstić information content (AvgIpc) is 2.60. The number of aromatic amines is 1. The average molecular weight is 350 g/mol. The van der Waals surface area contributed by atoms with Crippen molar-refractivity contribution in [1.82, 2.24) is 19.8 Å². The second-order valence-electron chi connectivity index (χ2n) is 5.81. The molecule has 1 aliphatic heterocycles. The summed E-state index contributed by atoms with van der Waals surface area (Å²) in [5, 5.41) is 2.73. The standard InChI is InChI=1S/C16H19FN4O4/c17-11-1-2-13-12(9-11)19-15(23)16(24)21(13)10-14(22)18-3-4-20-5-7-25-8-6-20/h1-2,9H,3-8,10H2,(H,18,22)(H,19,23). The van der Waals surface area contributed by atoms with E-state index in [9.17, 15) is 18.8 Å². The smallest absolute Gasteiger partial charge is 0.317 e. The molecule has 1 saturated heterocycles. The van der Waals surface area contributed by atoms with Gasteiger partial charge in [0.05, 0.1) is 24.2 Å². The number of aromatic nitrogens is 2. The van der Waals surface area contributed by atoms with Crippen LogP contribution in [-0.4, -0.2) is 59.8 Å². The maximum absolute atomic E-state index is 13.3. The van der Waals surface area contributed by atoms with Crippen LogP contribution < -0.4 is 16.4 Å². The molecule has 1 aromatic carbocycles. The van der Waals surface area contributed by atoms with E-state index >= 15 is 0 Å². The lowest BCUT2D eigenvalue weighted by Crippen LogP contribution is -2.43. The Morgan fingerprint density at radius 3 is 2.80 bits per heavy atom. The van der Waals surface area contributed by atoms with Gasteiger partial charge in [-0.15, -0.1) is 0 Å². The van der Waals surface area contributed by atoms with Crippen LogP contribution in [0.2, 0.25) is 0 Å². The Hall–Kier alpha value is -2.52. The highest BCUT2D eigenvalue weighted by Gasteiger charge is 2.13. The zero-order chi connectivity index (χ0) is 17.8. The predicted molar refractivity (Wildman–Crippen MR) is 89.1 cm³/mol. The number of nitrogens with zero attached hydrogens (tertiary/aromatic N) is 2. The van der Waals surface area contributed by atoms with E-state index in [1.807, 2.05) is 0 Å². The van der Waals surface area contributed by atoms with Crippen LogP contribution in [0.1, 0.15) is 0 Å². The van der Waals surface area contributed by atoms with Gasteiger partial charge in [0.2, 0.25) is 5.91 Å². The predicted octanol–water partition coefficient (Wildman–Crippen LogP) is -0.723. The number of benzene rings is 1. The molecule has 0 spiro atoms. The van der Waals surface area contributed by atoms with Gasteiger partial charge in [0.1, 0.15) is 12.4 Å². The number of ether oxygens (including phenoxy) is 1. The van der Waals surface area contributed by atoms with E-state index in [-0.39, 0.29) is 18.0 Å². The minimum atomic E-state index is -0.890. The molecule has 0 radical (unpaired) electrons. The number of carbonyl (C=O) groups excluding carboxylic acids is 1. The van der Waals surface area contributed by atoms with Gasteiger partial charge in [0, 0.05) is 26.2 Å². The molecule has 3 rings (SSSR count). The molecule has 0 atom stereocenters. The maximum atomic E-state index is 13.3. The molecule has 1 fully saturated rings. The highest BCUT2D eigenvalue weighted by atomic mass is 19.1. The summed E-state index contributed by atoms with van der Waals surface area (Å²) in [6, 6.07) is 3.65. The SMILES string of the molecule is O=C(Cn1c(=O)c(=O)[nH]c2cc(F)ccc21)NCCN1CCOCC1. The van der Waals surface area contributed by atoms with Crippen molar-refractivity contribution in [1.29, 1.82) is 0 Å². The fourth-order valence-corrected chi connectivity index (χ4v) is 2.79. The van der Waals surface area contributed by atoms with Crippen LogP contribution in [0, 0.1) is 5.82 Å². The highest BCUT2D eigenvalue weighted by molar-refractivity contribution is 5.80. The number of carbonyl (C=O) groups is 1. The van der Waals surface area contributed by atoms with Crippen LogP contribution in [0.4, 0.5) is 4.39 Å². The first-order valence-electron chi connectivity index (χ1n) is 8.04. The Labute approximate surface area is 142 Å². The van der Waals surface area contributed by atoms with Crippen LogP contribution in [0.25, 0.3) is 11.0 Å². The number of amides is 1. The lowest BCUT2D eigenvalue weighted by molar-refractivity contribution is -0.121. The van der Waals surface area contributed by atoms with Gasteiger partial charge in [-0.05, 0) is 18.2 Å². The number of halogens is 1. The van der Waals surface area contributed by atoms with Gasteiger partial charge in [-0.1, -0.05) is 0 Å². The maximum Gasteiger partial charge on any atom is 0.317 e. The summed E-state index contributed by atoms with van der Waals surface area (Å²) in [4.78, 5) is 40.4. The minimum absolute atomic E-state index is 0.172. The zero-order valence-corrected chi connectivity index (χ0v) is 13.6. The van der Waals surface area contributed by atoms with Crippen molar-refractivity contribution in [3.05, 3.63) is 44.7 Å². The van der Waals surface area contributed by atoms with E-state index < -0.39 is 16.9 Å². The van der Waals surface area contributed by atoms with E-state index in [2.05, 4.69) is 15.2 Å². The minimum Gasteiger partial charge on any atom is -0.379 e. The van der Waals surface area contributed by atoms with Crippen LogP contribution in [0.15, 0.2) is 27.8 Å². The number of fused-ring (bicyclic) bond motifs is 1. The Balaban J connectivity index is 1.69. The number of morpholine rings is 1. The van der Waals surface area contributed by atoms with Crippen LogP contribution in [0.3, 0.4) is 0 Å². The fraction of sp³-hybridized carbons (Fsp3) is 0.438. The van der Waals surface area contributed by atoms with Crippen molar-refractivity contribution in [3.8, 4) is 0 Å². The third kappa shape index (κ3) is 4.12. The van der Waals surface area contributed by atoms with E-state index in [1.54, 1.807) is 0 Å². The third-order valence-electron chi connectivity index (χ3n) is 4.09. The normalized spacial score (nSPS) is 15.4. The number of hydrogen-bond acceptors (Lipinski definition) is 5. The first kappa shape index (κ1) is 17.3. The van der Waals surface area contributed by atoms with E-state index in [0.717, 1.165) is 23.7 Å². The number of hydrogen-bond donors (Lipinski definition) is 2. The molecule has 134 valence electrons. The van der Waals surface area contributed by atoms with Crippen molar-refractivity contribution in [2.75, 3.05) is 39.4 Å². The monoisotopic (exact) mass is 350 g/mol. The number of nitrogens with one attached hydrogen (secondary N) is 2. The van der Waals surface area contributed by atoms with Gasteiger partial charge < -0.3 is 15.0 Å². The van der Waals surface area contributed by atoms with Gasteiger partial charge in [-0.25, -0.2) is 4.39 Å². The first-order chi connectivity index (χ1) is 12.0. The van der Waals surface area contributed by atoms with Gasteiger partial charge in [-0.3, -0.25) is 23.9 Å². The number of H-pyrrole nitrogens is 1. The lowest BCUT2D eigenvalue weighted by Gasteiger charge is -2.26. The van der Waals surface area contributed by atoms with Gasteiger partial charge >= 0.3 is 11.1 Å². The zero-order valence-electron chi connectivity index (χ0n) is 13.6. The van der Waals surface area contributed by atoms with Crippen molar-refractivity contribution in [2.45, 2.75) is 6.54 Å². The second-order valence-corrected chi connectivity index (χ2v) is 5.81. The van der Waals surface area contributed by atoms with Crippen molar-refractivity contribution in [3.63, 3.8) is 0 Å². The van der Waals surface area contributed by atoms with E-state index in [4.69, 9.17) is 4.74 Å². The summed E-state index contributed by atoms with van der Waals surface area (Å²) in [5.74, 6) is -0.921. The quantitative estimate of drug-likeness (QED) is 0.694. The van der Waals surface area contributed by atoms with E-state index in [1.165, 1.54) is 12.1 Å². The summed E-state index contributed by atoms with van der Waals surface area (Å²) < 4.78 is 19.6. The molecular weight excluding hydrogens is 331 g/mol. The summed E-state index contributed by atoms with van der Waals surface area (Å²) in [6.45, 7) is 3.82. The Morgan fingerprint density at radius 2 is 2.04 bits per heavy atom. The third-order valence-corrected chi connectivity index (χ3v) is 4.09. The molecule has 9 heteroatoms. The molecule has 0 aliphatic carbocycles. The summed E-state index contributed by atoms with van der Waals surface area (Å²) >= 11 is 0. The molecular formula is C16H19FN4O4. The van der Waals surface area contributed by atoms with Crippen LogP contribution >= 0.6 is 0 Å². The van der Waals surface area contributed by atoms with Crippen molar-refractivity contribution in [2.24, 2.45) is 0 Å². The summed E-state index contributed by atoms with van der Waals surface area (Å²) in [5.41, 5.74) is -1.26. The molecule has 0 saturated carbocycles. The molecule has 1 aliphatic rings. The molecule has 0 bridgehead atoms. The Kier molecular flexibility index (Phi) is 5.25. The largest absolute Gasteiger partial charge is 0.379 e. The fourth-order valence-electron chi connectivity index (χ4n) is 2.79. The first-order valence-corrected chi connectivity index (χ1v) is 8.04. The summed E-state index contributed by atoms with van der Waals surface area (Å²) in [7, 11) is 0. The van der Waals surface area contributed by atoms with Crippen LogP contribution in [0.5, 0.6) is 0 Å². The van der Waals surface area contributed by atoms with Gasteiger partial charge in [0.25, 0.3) is 0 Å². The topological polar surface area (TPSA) is 96.4 Å². The number of rotatable bonds is 5. The Morgan fingerprint density at radius 1 is 1.28 bits per heavy atom. The van der Waals surface area contributed by atoms with Gasteiger partial charge in [-0.2, -0.15) is 0 Å². The van der Waals surface area contributed by atoms with Crippen molar-refractivity contribution < 1.29 is 13.9 Å². The molecule has 2 heterocycles. The molecule has 0 unspecified atom stereocenters. The molecule has 8 nitrogen and oxygen atoms in total. The van der Waals surface area contributed by atoms with E-state index in [0.29, 0.717) is 31.8 Å². The van der Waals surface area contributed by atoms with Crippen LogP contribution in [-0.2, 0) is 16.1 Å². The highest BCUT2D eigenvalue weighted by Crippen LogP contribution is 2.10. The molecule has 1 aromatic heterocycles. The Bertz CT molecular complexity index is 886. The second kappa shape index (κ2) is 7.58. The lowest BCUT2D eigenvalue weighted by atomic mass is 10.3. The van der Waals surface area contributed by atoms with Crippen molar-refractivity contribution >= 4 is 16.9 Å².